The summed E-state index contributed by atoms with van der Waals surface area (Å²) < 4.78 is 3.09. The van der Waals surface area contributed by atoms with Gasteiger partial charge in [-0.25, -0.2) is 4.99 Å². The zero-order chi connectivity index (χ0) is 15.4. The summed E-state index contributed by atoms with van der Waals surface area (Å²) in [4.78, 5) is 18.0. The highest BCUT2D eigenvalue weighted by molar-refractivity contribution is 9.10. The Labute approximate surface area is 131 Å². The average Bonchev–Trinajstić information content (AvgIpc) is 2.71. The molecule has 0 bridgehead atoms. The van der Waals surface area contributed by atoms with E-state index in [0.29, 0.717) is 6.42 Å². The number of aromatic nitrogens is 1. The zero-order valence-corrected chi connectivity index (χ0v) is 13.8. The van der Waals surface area contributed by atoms with E-state index in [4.69, 9.17) is 5.73 Å². The van der Waals surface area contributed by atoms with E-state index in [0.717, 1.165) is 20.9 Å². The first-order valence-corrected chi connectivity index (χ1v) is 7.48. The second kappa shape index (κ2) is 4.59. The summed E-state index contributed by atoms with van der Waals surface area (Å²) in [7, 11) is 3.65. The predicted octanol–water partition coefficient (Wildman–Crippen LogP) is 2.33. The molecule has 0 aliphatic carbocycles. The van der Waals surface area contributed by atoms with Crippen molar-refractivity contribution in [2.24, 2.45) is 17.8 Å². The third-order valence-corrected chi connectivity index (χ3v) is 4.77. The van der Waals surface area contributed by atoms with Gasteiger partial charge in [0.2, 0.25) is 5.91 Å². The summed E-state index contributed by atoms with van der Waals surface area (Å²) in [6.45, 7) is 1.95. The molecule has 1 aromatic carbocycles. The van der Waals surface area contributed by atoms with Crippen LogP contribution in [0.15, 0.2) is 33.9 Å². The number of fused-ring (bicyclic) bond motifs is 1. The van der Waals surface area contributed by atoms with Crippen LogP contribution in [0.25, 0.3) is 10.9 Å². The maximum absolute atomic E-state index is 12.1. The molecule has 0 spiro atoms. The molecule has 0 unspecified atom stereocenters. The Morgan fingerprint density at radius 1 is 1.38 bits per heavy atom. The van der Waals surface area contributed by atoms with Crippen molar-refractivity contribution in [1.29, 1.82) is 0 Å². The van der Waals surface area contributed by atoms with Gasteiger partial charge in [-0.3, -0.25) is 9.69 Å². The largest absolute Gasteiger partial charge is 0.369 e. The summed E-state index contributed by atoms with van der Waals surface area (Å²) in [5.74, 6) is 0.248. The van der Waals surface area contributed by atoms with E-state index < -0.39 is 5.54 Å². The van der Waals surface area contributed by atoms with E-state index in [-0.39, 0.29) is 11.9 Å². The maximum Gasteiger partial charge on any atom is 0.231 e. The number of nitrogens with two attached hydrogens (primary N) is 1. The molecule has 1 atom stereocenters. The van der Waals surface area contributed by atoms with E-state index in [1.165, 1.54) is 4.90 Å². The molecule has 110 valence electrons. The molecule has 1 aliphatic heterocycles. The van der Waals surface area contributed by atoms with E-state index >= 15 is 0 Å². The molecule has 2 N–H and O–H groups in total. The van der Waals surface area contributed by atoms with Gasteiger partial charge in [-0.15, -0.1) is 0 Å². The Hall–Kier alpha value is -1.82. The fourth-order valence-corrected chi connectivity index (χ4v) is 3.38. The first-order valence-electron chi connectivity index (χ1n) is 6.69. The Balaban J connectivity index is 2.16. The van der Waals surface area contributed by atoms with Crippen LogP contribution in [-0.2, 0) is 17.4 Å². The number of benzene rings is 1. The van der Waals surface area contributed by atoms with Gasteiger partial charge in [0.1, 0.15) is 0 Å². The van der Waals surface area contributed by atoms with Crippen LogP contribution in [0.3, 0.4) is 0 Å². The number of halogens is 1. The summed E-state index contributed by atoms with van der Waals surface area (Å²) >= 11 is 3.57. The summed E-state index contributed by atoms with van der Waals surface area (Å²) in [5, 5.41) is 1.11. The van der Waals surface area contributed by atoms with Crippen LogP contribution in [0.1, 0.15) is 18.9 Å². The van der Waals surface area contributed by atoms with Gasteiger partial charge in [-0.05, 0) is 40.5 Å². The topological polar surface area (TPSA) is 63.6 Å². The van der Waals surface area contributed by atoms with Crippen molar-refractivity contribution in [3.05, 3.63) is 34.4 Å². The lowest BCUT2D eigenvalue weighted by molar-refractivity contribution is -0.128. The molecule has 0 radical (unpaired) electrons. The van der Waals surface area contributed by atoms with Gasteiger partial charge >= 0.3 is 0 Å². The number of aliphatic imine (C=N–C) groups is 1. The molecule has 0 saturated heterocycles. The lowest BCUT2D eigenvalue weighted by atomic mass is 9.87. The van der Waals surface area contributed by atoms with Gasteiger partial charge in [0, 0.05) is 35.7 Å². The van der Waals surface area contributed by atoms with Crippen LogP contribution >= 0.6 is 15.9 Å². The van der Waals surface area contributed by atoms with Crippen LogP contribution < -0.4 is 5.73 Å². The van der Waals surface area contributed by atoms with Crippen molar-refractivity contribution in [3.63, 3.8) is 0 Å². The molecule has 1 amide bonds. The summed E-state index contributed by atoms with van der Waals surface area (Å²) in [5.41, 5.74) is 7.38. The highest BCUT2D eigenvalue weighted by atomic mass is 79.9. The Bertz CT molecular complexity index is 779. The molecule has 2 heterocycles. The molecule has 5 nitrogen and oxygen atoms in total. The highest BCUT2D eigenvalue weighted by Crippen LogP contribution is 2.36. The van der Waals surface area contributed by atoms with Gasteiger partial charge in [0.15, 0.2) is 5.96 Å². The fourth-order valence-electron chi connectivity index (χ4n) is 2.75. The minimum Gasteiger partial charge on any atom is -0.369 e. The fraction of sp³-hybridized carbons (Fsp3) is 0.333. The van der Waals surface area contributed by atoms with Crippen molar-refractivity contribution in [1.82, 2.24) is 9.47 Å². The molecule has 6 heteroatoms. The number of rotatable bonds is 1. The van der Waals surface area contributed by atoms with Crippen LogP contribution in [0.5, 0.6) is 0 Å². The van der Waals surface area contributed by atoms with Gasteiger partial charge in [0.25, 0.3) is 0 Å². The number of hydrogen-bond acceptors (Lipinski definition) is 3. The molecular weight excluding hydrogens is 332 g/mol. The van der Waals surface area contributed by atoms with Crippen LogP contribution in [0.4, 0.5) is 0 Å². The monoisotopic (exact) mass is 348 g/mol. The standard InChI is InChI=1S/C15H17BrN4O/c1-15(7-13(21)20(3)14(17)18-15)9-4-5-12-10(6-9)11(16)8-19(12)2/h4-6,8H,7H2,1-3H3,(H2,17,18)/t15-/m0/s1. The molecule has 0 fully saturated rings. The number of carbonyl (C=O) groups excluding carboxylic acids is 1. The van der Waals surface area contributed by atoms with E-state index in [1.54, 1.807) is 7.05 Å². The quantitative estimate of drug-likeness (QED) is 0.859. The SMILES string of the molecule is CN1C(=O)C[C@@](C)(c2ccc3c(c2)c(Br)cn3C)N=C1N. The predicted molar refractivity (Wildman–Crippen MR) is 87.0 cm³/mol. The molecule has 3 rings (SSSR count). The van der Waals surface area contributed by atoms with Gasteiger partial charge in [-0.1, -0.05) is 6.07 Å². The van der Waals surface area contributed by atoms with Gasteiger partial charge < -0.3 is 10.3 Å². The number of guanidine groups is 1. The van der Waals surface area contributed by atoms with Crippen molar-refractivity contribution in [3.8, 4) is 0 Å². The normalized spacial score (nSPS) is 22.8. The van der Waals surface area contributed by atoms with E-state index in [1.807, 2.05) is 26.2 Å². The minimum absolute atomic E-state index is 0.0165. The number of aryl methyl sites for hydroxylation is 1. The van der Waals surface area contributed by atoms with E-state index in [2.05, 4.69) is 37.6 Å². The average molecular weight is 349 g/mol. The molecule has 1 aromatic heterocycles. The van der Waals surface area contributed by atoms with Crippen molar-refractivity contribution >= 4 is 38.7 Å². The van der Waals surface area contributed by atoms with E-state index in [9.17, 15) is 4.79 Å². The Kier molecular flexibility index (Phi) is 3.09. The van der Waals surface area contributed by atoms with Crippen molar-refractivity contribution < 1.29 is 4.79 Å². The lowest BCUT2D eigenvalue weighted by Gasteiger charge is -2.33. The lowest BCUT2D eigenvalue weighted by Crippen LogP contribution is -2.47. The van der Waals surface area contributed by atoms with Crippen LogP contribution in [-0.4, -0.2) is 28.4 Å². The third kappa shape index (κ3) is 2.14. The number of carbonyl (C=O) groups is 1. The minimum atomic E-state index is -0.614. The van der Waals surface area contributed by atoms with Crippen LogP contribution in [0.2, 0.25) is 0 Å². The molecular formula is C15H17BrN4O. The second-order valence-electron chi connectivity index (χ2n) is 5.69. The maximum atomic E-state index is 12.1. The smallest absolute Gasteiger partial charge is 0.231 e. The number of amides is 1. The zero-order valence-electron chi connectivity index (χ0n) is 12.2. The second-order valence-corrected chi connectivity index (χ2v) is 6.55. The highest BCUT2D eigenvalue weighted by Gasteiger charge is 2.36. The van der Waals surface area contributed by atoms with Gasteiger partial charge in [0.05, 0.1) is 12.0 Å². The molecule has 0 saturated carbocycles. The molecule has 2 aromatic rings. The first-order chi connectivity index (χ1) is 9.82. The van der Waals surface area contributed by atoms with Crippen molar-refractivity contribution in [2.45, 2.75) is 18.9 Å². The number of nitrogens with zero attached hydrogens (tertiary/aromatic N) is 3. The molecule has 1 aliphatic rings. The summed E-state index contributed by atoms with van der Waals surface area (Å²) in [6, 6.07) is 6.15. The third-order valence-electron chi connectivity index (χ3n) is 4.14. The van der Waals surface area contributed by atoms with Gasteiger partial charge in [-0.2, -0.15) is 0 Å². The molecule has 21 heavy (non-hydrogen) atoms. The first kappa shape index (κ1) is 14.1. The van der Waals surface area contributed by atoms with Crippen LogP contribution in [0, 0.1) is 0 Å². The van der Waals surface area contributed by atoms with Crippen molar-refractivity contribution in [2.75, 3.05) is 7.05 Å². The summed E-state index contributed by atoms with van der Waals surface area (Å²) in [6.07, 6.45) is 2.34. The Morgan fingerprint density at radius 2 is 2.10 bits per heavy atom. The Morgan fingerprint density at radius 3 is 2.76 bits per heavy atom. The number of hydrogen-bond donors (Lipinski definition) is 1.